The molecule has 5 heteroatoms. The van der Waals surface area contributed by atoms with Gasteiger partial charge in [0.1, 0.15) is 0 Å². The van der Waals surface area contributed by atoms with Crippen molar-refractivity contribution in [3.05, 3.63) is 11.7 Å². The van der Waals surface area contributed by atoms with E-state index < -0.39 is 5.97 Å². The second kappa shape index (κ2) is 4.42. The zero-order chi connectivity index (χ0) is 11.5. The van der Waals surface area contributed by atoms with Gasteiger partial charge in [0.05, 0.1) is 6.42 Å². The molecule has 0 aliphatic heterocycles. The largest absolute Gasteiger partial charge is 0.481 e. The van der Waals surface area contributed by atoms with Crippen molar-refractivity contribution >= 4 is 5.97 Å². The van der Waals surface area contributed by atoms with Crippen molar-refractivity contribution in [1.82, 2.24) is 10.1 Å². The van der Waals surface area contributed by atoms with Crippen LogP contribution in [0.25, 0.3) is 0 Å². The molecular weight excluding hydrogens is 196 g/mol. The van der Waals surface area contributed by atoms with Crippen molar-refractivity contribution in [2.24, 2.45) is 5.41 Å². The quantitative estimate of drug-likeness (QED) is 0.803. The molecule has 5 nitrogen and oxygen atoms in total. The fraction of sp³-hybridized carbons (Fsp3) is 0.700. The lowest BCUT2D eigenvalue weighted by molar-refractivity contribution is -0.139. The molecule has 0 radical (unpaired) electrons. The molecule has 0 amide bonds. The Morgan fingerprint density at radius 2 is 2.20 bits per heavy atom. The minimum atomic E-state index is -0.810. The molecule has 1 aromatic heterocycles. The number of aryl methyl sites for hydroxylation is 1. The molecule has 1 aromatic rings. The number of aromatic nitrogens is 2. The summed E-state index contributed by atoms with van der Waals surface area (Å²) in [5.74, 6) is 0.365. The summed E-state index contributed by atoms with van der Waals surface area (Å²) < 4.78 is 5.02. The van der Waals surface area contributed by atoms with E-state index in [9.17, 15) is 4.79 Å². The highest BCUT2D eigenvalue weighted by molar-refractivity contribution is 5.67. The van der Waals surface area contributed by atoms with Crippen LogP contribution >= 0.6 is 0 Å². The lowest BCUT2D eigenvalue weighted by Gasteiger charge is -2.19. The van der Waals surface area contributed by atoms with Gasteiger partial charge in [-0.3, -0.25) is 4.79 Å². The first-order chi connectivity index (χ1) is 6.93. The van der Waals surface area contributed by atoms with Gasteiger partial charge in [0.2, 0.25) is 5.89 Å². The SMILES string of the molecule is CCc1noc(CC(C)(C)CC(=O)O)n1. The third-order valence-electron chi connectivity index (χ3n) is 2.09. The predicted molar refractivity (Wildman–Crippen MR) is 53.4 cm³/mol. The van der Waals surface area contributed by atoms with Crippen LogP contribution in [0.5, 0.6) is 0 Å². The van der Waals surface area contributed by atoms with E-state index in [4.69, 9.17) is 9.63 Å². The van der Waals surface area contributed by atoms with Gasteiger partial charge >= 0.3 is 5.97 Å². The molecule has 0 aromatic carbocycles. The van der Waals surface area contributed by atoms with Crippen molar-refractivity contribution in [2.75, 3.05) is 0 Å². The Hall–Kier alpha value is -1.39. The summed E-state index contributed by atoms with van der Waals surface area (Å²) in [5.41, 5.74) is -0.358. The van der Waals surface area contributed by atoms with Gasteiger partial charge in [0.15, 0.2) is 5.82 Å². The summed E-state index contributed by atoms with van der Waals surface area (Å²) in [4.78, 5) is 14.8. The Kier molecular flexibility index (Phi) is 3.44. The van der Waals surface area contributed by atoms with E-state index in [2.05, 4.69) is 10.1 Å². The first-order valence-electron chi connectivity index (χ1n) is 4.96. The summed E-state index contributed by atoms with van der Waals surface area (Å²) in [6.07, 6.45) is 1.31. The number of carboxylic acids is 1. The lowest BCUT2D eigenvalue weighted by Crippen LogP contribution is -2.19. The van der Waals surface area contributed by atoms with Gasteiger partial charge in [-0.25, -0.2) is 0 Å². The molecule has 0 spiro atoms. The van der Waals surface area contributed by atoms with Crippen molar-refractivity contribution in [1.29, 1.82) is 0 Å². The molecule has 0 atom stereocenters. The molecule has 0 saturated carbocycles. The molecule has 1 N–H and O–H groups in total. The smallest absolute Gasteiger partial charge is 0.303 e. The standard InChI is InChI=1S/C10H16N2O3/c1-4-7-11-8(15-12-7)5-10(2,3)6-9(13)14/h4-6H2,1-3H3,(H,13,14). The number of nitrogens with zero attached hydrogens (tertiary/aromatic N) is 2. The second-order valence-corrected chi connectivity index (χ2v) is 4.37. The van der Waals surface area contributed by atoms with Crippen molar-refractivity contribution in [3.63, 3.8) is 0 Å². The van der Waals surface area contributed by atoms with Crippen LogP contribution < -0.4 is 0 Å². The van der Waals surface area contributed by atoms with Crippen molar-refractivity contribution in [2.45, 2.75) is 40.0 Å². The molecule has 0 unspecified atom stereocenters. The maximum absolute atomic E-state index is 10.6. The van der Waals surface area contributed by atoms with Crippen LogP contribution in [-0.2, 0) is 17.6 Å². The summed E-state index contributed by atoms with van der Waals surface area (Å²) in [6, 6.07) is 0. The van der Waals surface area contributed by atoms with Crippen LogP contribution in [0.3, 0.4) is 0 Å². The first kappa shape index (κ1) is 11.7. The molecule has 0 aliphatic rings. The summed E-state index contributed by atoms with van der Waals surface area (Å²) in [5, 5.41) is 12.5. The summed E-state index contributed by atoms with van der Waals surface area (Å²) in [7, 11) is 0. The van der Waals surface area contributed by atoms with Crippen molar-refractivity contribution in [3.8, 4) is 0 Å². The molecule has 0 aliphatic carbocycles. The minimum absolute atomic E-state index is 0.0941. The molecule has 0 bridgehead atoms. The Balaban J connectivity index is 2.63. The molecular formula is C10H16N2O3. The molecule has 84 valence electrons. The molecule has 0 fully saturated rings. The van der Waals surface area contributed by atoms with Gasteiger partial charge in [-0.15, -0.1) is 0 Å². The van der Waals surface area contributed by atoms with Gasteiger partial charge in [-0.1, -0.05) is 25.9 Å². The highest BCUT2D eigenvalue weighted by Crippen LogP contribution is 2.25. The zero-order valence-electron chi connectivity index (χ0n) is 9.28. The average Bonchev–Trinajstić information content (AvgIpc) is 2.48. The predicted octanol–water partition coefficient (Wildman–Crippen LogP) is 1.68. The second-order valence-electron chi connectivity index (χ2n) is 4.37. The fourth-order valence-electron chi connectivity index (χ4n) is 1.39. The van der Waals surface area contributed by atoms with Crippen LogP contribution in [0.4, 0.5) is 0 Å². The van der Waals surface area contributed by atoms with E-state index in [0.29, 0.717) is 18.1 Å². The summed E-state index contributed by atoms with van der Waals surface area (Å²) in [6.45, 7) is 5.69. The third-order valence-corrected chi connectivity index (χ3v) is 2.09. The average molecular weight is 212 g/mol. The van der Waals surface area contributed by atoms with Gasteiger partial charge < -0.3 is 9.63 Å². The highest BCUT2D eigenvalue weighted by Gasteiger charge is 2.25. The first-order valence-corrected chi connectivity index (χ1v) is 4.96. The van der Waals surface area contributed by atoms with Gasteiger partial charge in [-0.2, -0.15) is 4.98 Å². The lowest BCUT2D eigenvalue weighted by atomic mass is 9.86. The number of aliphatic carboxylic acids is 1. The fourth-order valence-corrected chi connectivity index (χ4v) is 1.39. The number of hydrogen-bond acceptors (Lipinski definition) is 4. The maximum Gasteiger partial charge on any atom is 0.303 e. The molecule has 1 rings (SSSR count). The highest BCUT2D eigenvalue weighted by atomic mass is 16.5. The van der Waals surface area contributed by atoms with Crippen molar-refractivity contribution < 1.29 is 14.4 Å². The van der Waals surface area contributed by atoms with Crippen LogP contribution in [0, 0.1) is 5.41 Å². The monoisotopic (exact) mass is 212 g/mol. The maximum atomic E-state index is 10.6. The number of carbonyl (C=O) groups is 1. The Labute approximate surface area is 88.5 Å². The normalized spacial score (nSPS) is 11.7. The van der Waals surface area contributed by atoms with Crippen LogP contribution in [0.15, 0.2) is 4.52 Å². The van der Waals surface area contributed by atoms with E-state index in [-0.39, 0.29) is 11.8 Å². The van der Waals surface area contributed by atoms with E-state index in [1.165, 1.54) is 0 Å². The van der Waals surface area contributed by atoms with Crippen LogP contribution in [-0.4, -0.2) is 21.2 Å². The Morgan fingerprint density at radius 1 is 1.53 bits per heavy atom. The van der Waals surface area contributed by atoms with Gasteiger partial charge in [0, 0.05) is 12.8 Å². The molecule has 0 saturated heterocycles. The van der Waals surface area contributed by atoms with Crippen LogP contribution in [0.1, 0.15) is 38.9 Å². The number of rotatable bonds is 5. The third kappa shape index (κ3) is 3.69. The van der Waals surface area contributed by atoms with Crippen LogP contribution in [0.2, 0.25) is 0 Å². The Bertz CT molecular complexity index is 344. The van der Waals surface area contributed by atoms with Gasteiger partial charge in [-0.05, 0) is 5.41 Å². The molecule has 1 heterocycles. The topological polar surface area (TPSA) is 76.2 Å². The van der Waals surface area contributed by atoms with E-state index in [0.717, 1.165) is 6.42 Å². The van der Waals surface area contributed by atoms with Gasteiger partial charge in [0.25, 0.3) is 0 Å². The van der Waals surface area contributed by atoms with E-state index >= 15 is 0 Å². The Morgan fingerprint density at radius 3 is 2.67 bits per heavy atom. The summed E-state index contributed by atoms with van der Waals surface area (Å²) >= 11 is 0. The van der Waals surface area contributed by atoms with E-state index in [1.54, 1.807) is 0 Å². The zero-order valence-corrected chi connectivity index (χ0v) is 9.28. The molecule has 15 heavy (non-hydrogen) atoms. The van der Waals surface area contributed by atoms with E-state index in [1.807, 2.05) is 20.8 Å². The number of carboxylic acid groups (broad SMARTS) is 1. The number of hydrogen-bond donors (Lipinski definition) is 1. The minimum Gasteiger partial charge on any atom is -0.481 e.